The summed E-state index contributed by atoms with van der Waals surface area (Å²) in [4.78, 5) is 22.4. The van der Waals surface area contributed by atoms with Gasteiger partial charge >= 0.3 is 5.97 Å². The van der Waals surface area contributed by atoms with Crippen LogP contribution in [0.4, 0.5) is 5.69 Å². The SMILES string of the molecule is COC(=O)CCC(=O)NC(=S)Nc1ccc(S(N)(=O)=O)cc1. The number of nitrogens with two attached hydrogens (primary N) is 1. The van der Waals surface area contributed by atoms with E-state index in [1.807, 2.05) is 0 Å². The Balaban J connectivity index is 2.51. The van der Waals surface area contributed by atoms with E-state index in [0.717, 1.165) is 0 Å². The molecule has 0 saturated heterocycles. The third kappa shape index (κ3) is 6.16. The fourth-order valence-corrected chi connectivity index (χ4v) is 2.14. The molecular weight excluding hydrogens is 330 g/mol. The number of thiocarbonyl (C=S) groups is 1. The van der Waals surface area contributed by atoms with Crippen molar-refractivity contribution >= 4 is 44.9 Å². The van der Waals surface area contributed by atoms with E-state index < -0.39 is 21.9 Å². The maximum absolute atomic E-state index is 11.5. The minimum Gasteiger partial charge on any atom is -0.469 e. The van der Waals surface area contributed by atoms with Gasteiger partial charge in [0.15, 0.2) is 5.11 Å². The lowest BCUT2D eigenvalue weighted by Gasteiger charge is -2.09. The Kier molecular flexibility index (Phi) is 6.40. The van der Waals surface area contributed by atoms with E-state index in [1.165, 1.54) is 31.4 Å². The molecule has 0 aliphatic carbocycles. The van der Waals surface area contributed by atoms with Gasteiger partial charge in [0.1, 0.15) is 0 Å². The molecule has 4 N–H and O–H groups in total. The molecular formula is C12H15N3O5S2. The van der Waals surface area contributed by atoms with Crippen LogP contribution < -0.4 is 15.8 Å². The quantitative estimate of drug-likeness (QED) is 0.510. The maximum Gasteiger partial charge on any atom is 0.306 e. The average Bonchev–Trinajstić information content (AvgIpc) is 2.44. The average molecular weight is 345 g/mol. The molecule has 1 aromatic rings. The first-order valence-electron chi connectivity index (χ1n) is 6.03. The lowest BCUT2D eigenvalue weighted by atomic mass is 10.3. The van der Waals surface area contributed by atoms with Crippen molar-refractivity contribution in [2.75, 3.05) is 12.4 Å². The fourth-order valence-electron chi connectivity index (χ4n) is 1.40. The van der Waals surface area contributed by atoms with E-state index in [1.54, 1.807) is 0 Å². The molecule has 0 unspecified atom stereocenters. The maximum atomic E-state index is 11.5. The number of esters is 1. The van der Waals surface area contributed by atoms with Gasteiger partial charge in [-0.05, 0) is 36.5 Å². The molecule has 1 amide bonds. The van der Waals surface area contributed by atoms with E-state index in [0.29, 0.717) is 5.69 Å². The zero-order valence-corrected chi connectivity index (χ0v) is 13.3. The Morgan fingerprint density at radius 2 is 1.82 bits per heavy atom. The van der Waals surface area contributed by atoms with Crippen LogP contribution in [0, 0.1) is 0 Å². The van der Waals surface area contributed by atoms with Gasteiger partial charge in [-0.1, -0.05) is 0 Å². The van der Waals surface area contributed by atoms with Crippen molar-refractivity contribution in [2.45, 2.75) is 17.7 Å². The highest BCUT2D eigenvalue weighted by Gasteiger charge is 2.10. The molecule has 22 heavy (non-hydrogen) atoms. The zero-order valence-electron chi connectivity index (χ0n) is 11.7. The molecule has 0 heterocycles. The highest BCUT2D eigenvalue weighted by molar-refractivity contribution is 7.89. The van der Waals surface area contributed by atoms with Crippen LogP contribution in [0.3, 0.4) is 0 Å². The number of rotatable bonds is 5. The third-order valence-corrected chi connectivity index (χ3v) is 3.61. The summed E-state index contributed by atoms with van der Waals surface area (Å²) in [5, 5.41) is 10.1. The lowest BCUT2D eigenvalue weighted by Crippen LogP contribution is -2.34. The van der Waals surface area contributed by atoms with Gasteiger partial charge in [0, 0.05) is 12.1 Å². The standard InChI is InChI=1S/C12H15N3O5S2/c1-20-11(17)7-6-10(16)15-12(21)14-8-2-4-9(5-3-8)22(13,18)19/h2-5H,6-7H2,1H3,(H2,13,18,19)(H2,14,15,16,21). The predicted octanol–water partition coefficient (Wildman–Crippen LogP) is 0.100. The Morgan fingerprint density at radius 3 is 2.32 bits per heavy atom. The summed E-state index contributed by atoms with van der Waals surface area (Å²) in [6.07, 6.45) is -0.104. The third-order valence-electron chi connectivity index (χ3n) is 2.48. The molecule has 1 rings (SSSR count). The monoisotopic (exact) mass is 345 g/mol. The smallest absolute Gasteiger partial charge is 0.306 e. The van der Waals surface area contributed by atoms with Gasteiger partial charge in [0.2, 0.25) is 15.9 Å². The molecule has 0 saturated carbocycles. The number of ether oxygens (including phenoxy) is 1. The number of anilines is 1. The molecule has 1 aromatic carbocycles. The summed E-state index contributed by atoms with van der Waals surface area (Å²) in [6.45, 7) is 0. The number of carbonyl (C=O) groups is 2. The van der Waals surface area contributed by atoms with Crippen LogP contribution in [-0.2, 0) is 24.3 Å². The Morgan fingerprint density at radius 1 is 1.23 bits per heavy atom. The number of carbonyl (C=O) groups excluding carboxylic acids is 2. The second-order valence-electron chi connectivity index (χ2n) is 4.15. The predicted molar refractivity (Wildman–Crippen MR) is 83.4 cm³/mol. The fraction of sp³-hybridized carbons (Fsp3) is 0.250. The summed E-state index contributed by atoms with van der Waals surface area (Å²) >= 11 is 4.92. The normalized spacial score (nSPS) is 10.6. The topological polar surface area (TPSA) is 128 Å². The molecule has 0 fully saturated rings. The van der Waals surface area contributed by atoms with Gasteiger partial charge in [-0.2, -0.15) is 0 Å². The van der Waals surface area contributed by atoms with Gasteiger partial charge in [0.05, 0.1) is 18.4 Å². The van der Waals surface area contributed by atoms with Crippen molar-refractivity contribution in [1.29, 1.82) is 0 Å². The number of hydrogen-bond acceptors (Lipinski definition) is 6. The highest BCUT2D eigenvalue weighted by atomic mass is 32.2. The lowest BCUT2D eigenvalue weighted by molar-refractivity contribution is -0.142. The molecule has 0 aromatic heterocycles. The number of hydrogen-bond donors (Lipinski definition) is 3. The van der Waals surface area contributed by atoms with Crippen molar-refractivity contribution < 1.29 is 22.7 Å². The van der Waals surface area contributed by atoms with E-state index in [9.17, 15) is 18.0 Å². The number of primary sulfonamides is 1. The first kappa shape index (κ1) is 18.0. The Labute approximate surface area is 133 Å². The molecule has 0 aliphatic heterocycles. The largest absolute Gasteiger partial charge is 0.469 e. The van der Waals surface area contributed by atoms with E-state index in [-0.39, 0.29) is 22.8 Å². The molecule has 0 spiro atoms. The first-order valence-corrected chi connectivity index (χ1v) is 7.98. The number of sulfonamides is 1. The molecule has 120 valence electrons. The van der Waals surface area contributed by atoms with Gasteiger partial charge in [-0.25, -0.2) is 13.6 Å². The summed E-state index contributed by atoms with van der Waals surface area (Å²) < 4.78 is 26.6. The van der Waals surface area contributed by atoms with E-state index >= 15 is 0 Å². The molecule has 8 nitrogen and oxygen atoms in total. The molecule has 0 bridgehead atoms. The highest BCUT2D eigenvalue weighted by Crippen LogP contribution is 2.12. The summed E-state index contributed by atoms with van der Waals surface area (Å²) in [5.74, 6) is -0.934. The number of methoxy groups -OCH3 is 1. The Bertz CT molecular complexity index is 671. The van der Waals surface area contributed by atoms with Crippen LogP contribution in [0.1, 0.15) is 12.8 Å². The van der Waals surface area contributed by atoms with Crippen molar-refractivity contribution in [3.63, 3.8) is 0 Å². The number of amides is 1. The molecule has 0 radical (unpaired) electrons. The second-order valence-corrected chi connectivity index (χ2v) is 6.12. The molecule has 0 aliphatic rings. The summed E-state index contributed by atoms with van der Waals surface area (Å²) in [7, 11) is -2.53. The van der Waals surface area contributed by atoms with Crippen molar-refractivity contribution in [1.82, 2.24) is 5.32 Å². The summed E-state index contributed by atoms with van der Waals surface area (Å²) in [6, 6.07) is 5.51. The van der Waals surface area contributed by atoms with Gasteiger partial charge in [0.25, 0.3) is 0 Å². The number of benzene rings is 1. The first-order chi connectivity index (χ1) is 10.2. The van der Waals surface area contributed by atoms with Crippen molar-refractivity contribution in [3.8, 4) is 0 Å². The molecule has 10 heteroatoms. The molecule has 0 atom stereocenters. The van der Waals surface area contributed by atoms with E-state index in [2.05, 4.69) is 15.4 Å². The summed E-state index contributed by atoms with van der Waals surface area (Å²) in [5.41, 5.74) is 0.477. The van der Waals surface area contributed by atoms with E-state index in [4.69, 9.17) is 17.4 Å². The minimum absolute atomic E-state index is 0.0261. The van der Waals surface area contributed by atoms with Crippen LogP contribution in [-0.4, -0.2) is 32.5 Å². The Hall–Kier alpha value is -2.04. The van der Waals surface area contributed by atoms with Crippen LogP contribution in [0.15, 0.2) is 29.2 Å². The second kappa shape index (κ2) is 7.82. The van der Waals surface area contributed by atoms with Crippen LogP contribution in [0.2, 0.25) is 0 Å². The zero-order chi connectivity index (χ0) is 16.8. The van der Waals surface area contributed by atoms with Gasteiger partial charge < -0.3 is 15.4 Å². The van der Waals surface area contributed by atoms with Gasteiger partial charge in [-0.15, -0.1) is 0 Å². The van der Waals surface area contributed by atoms with Crippen molar-refractivity contribution in [2.24, 2.45) is 5.14 Å². The van der Waals surface area contributed by atoms with Crippen LogP contribution in [0.25, 0.3) is 0 Å². The van der Waals surface area contributed by atoms with Crippen LogP contribution in [0.5, 0.6) is 0 Å². The van der Waals surface area contributed by atoms with Gasteiger partial charge in [-0.3, -0.25) is 9.59 Å². The van der Waals surface area contributed by atoms with Crippen molar-refractivity contribution in [3.05, 3.63) is 24.3 Å². The minimum atomic E-state index is -3.76. The van der Waals surface area contributed by atoms with Crippen LogP contribution >= 0.6 is 12.2 Å². The number of nitrogens with one attached hydrogen (secondary N) is 2.